The summed E-state index contributed by atoms with van der Waals surface area (Å²) in [5, 5.41) is 0. The van der Waals surface area contributed by atoms with Crippen LogP contribution < -0.4 is 0 Å². The molecule has 1 heterocycles. The van der Waals surface area contributed by atoms with Gasteiger partial charge in [0.2, 0.25) is 0 Å². The summed E-state index contributed by atoms with van der Waals surface area (Å²) in [6, 6.07) is 4.38. The second-order valence-corrected chi connectivity index (χ2v) is 7.43. The minimum Gasteiger partial charge on any atom is -0.260 e. The zero-order valence-corrected chi connectivity index (χ0v) is 12.1. The van der Waals surface area contributed by atoms with Crippen molar-refractivity contribution in [3.63, 3.8) is 0 Å². The van der Waals surface area contributed by atoms with E-state index in [-0.39, 0.29) is 4.75 Å². The predicted molar refractivity (Wildman–Crippen MR) is 73.9 cm³/mol. The molecule has 1 aromatic rings. The van der Waals surface area contributed by atoms with Crippen LogP contribution in [-0.4, -0.2) is 11.2 Å². The van der Waals surface area contributed by atoms with E-state index < -0.39 is 0 Å². The Hall–Kier alpha value is -0.500. The number of pyridine rings is 1. The summed E-state index contributed by atoms with van der Waals surface area (Å²) >= 11 is 1.84. The van der Waals surface area contributed by atoms with Crippen LogP contribution in [0.25, 0.3) is 0 Å². The molecule has 0 amide bonds. The molecule has 0 saturated carbocycles. The fourth-order valence-corrected chi connectivity index (χ4v) is 1.93. The summed E-state index contributed by atoms with van der Waals surface area (Å²) in [5.41, 5.74) is 2.82. The van der Waals surface area contributed by atoms with E-state index in [0.717, 1.165) is 12.1 Å². The van der Waals surface area contributed by atoms with Gasteiger partial charge in [-0.25, -0.2) is 0 Å². The highest BCUT2D eigenvalue weighted by Crippen LogP contribution is 2.32. The van der Waals surface area contributed by atoms with E-state index in [4.69, 9.17) is 0 Å². The normalized spacial score (nSPS) is 12.9. The first kappa shape index (κ1) is 13.6. The average Bonchev–Trinajstić information content (AvgIpc) is 2.16. The summed E-state index contributed by atoms with van der Waals surface area (Å²) in [5.74, 6) is 0. The van der Waals surface area contributed by atoms with Crippen molar-refractivity contribution >= 4 is 11.8 Å². The fourth-order valence-electron chi connectivity index (χ4n) is 1.60. The summed E-state index contributed by atoms with van der Waals surface area (Å²) in [6.45, 7) is 11.2. The van der Waals surface area contributed by atoms with Gasteiger partial charge in [-0.1, -0.05) is 26.8 Å². The molecule has 1 aromatic heterocycles. The molecule has 2 heteroatoms. The largest absolute Gasteiger partial charge is 0.260 e. The lowest BCUT2D eigenvalue weighted by molar-refractivity contribution is 0.410. The molecule has 0 aliphatic rings. The zero-order chi connectivity index (χ0) is 12.4. The van der Waals surface area contributed by atoms with Crippen LogP contribution in [-0.2, 0) is 11.2 Å². The highest BCUT2D eigenvalue weighted by atomic mass is 32.2. The van der Waals surface area contributed by atoms with Crippen molar-refractivity contribution in [3.8, 4) is 0 Å². The molecule has 1 rings (SSSR count). The maximum absolute atomic E-state index is 4.58. The standard InChI is InChI=1S/C14H23NS/c1-13(2,3)9-11-7-8-12(15-10-11)14(4,5)16-6/h7-8,10H,9H2,1-6H3. The van der Waals surface area contributed by atoms with E-state index in [2.05, 4.69) is 58.0 Å². The lowest BCUT2D eigenvalue weighted by atomic mass is 9.88. The minimum absolute atomic E-state index is 0.111. The van der Waals surface area contributed by atoms with E-state index in [1.165, 1.54) is 5.56 Å². The van der Waals surface area contributed by atoms with Crippen molar-refractivity contribution in [2.45, 2.75) is 45.8 Å². The summed E-state index contributed by atoms with van der Waals surface area (Å²) in [7, 11) is 0. The van der Waals surface area contributed by atoms with E-state index in [1.54, 1.807) is 0 Å². The highest BCUT2D eigenvalue weighted by Gasteiger charge is 2.20. The number of aromatic nitrogens is 1. The first-order chi connectivity index (χ1) is 7.24. The number of nitrogens with zero attached hydrogens (tertiary/aromatic N) is 1. The van der Waals surface area contributed by atoms with Crippen LogP contribution in [0.1, 0.15) is 45.9 Å². The van der Waals surface area contributed by atoms with Crippen molar-refractivity contribution in [1.29, 1.82) is 0 Å². The van der Waals surface area contributed by atoms with Crippen molar-refractivity contribution < 1.29 is 0 Å². The van der Waals surface area contributed by atoms with Crippen molar-refractivity contribution in [3.05, 3.63) is 29.6 Å². The van der Waals surface area contributed by atoms with Crippen LogP contribution >= 0.6 is 11.8 Å². The van der Waals surface area contributed by atoms with Gasteiger partial charge in [0.25, 0.3) is 0 Å². The third-order valence-electron chi connectivity index (χ3n) is 2.69. The SMILES string of the molecule is CSC(C)(C)c1ccc(CC(C)(C)C)cn1. The Balaban J connectivity index is 2.84. The van der Waals surface area contributed by atoms with Crippen LogP contribution in [0.5, 0.6) is 0 Å². The smallest absolute Gasteiger partial charge is 0.0558 e. The van der Waals surface area contributed by atoms with Gasteiger partial charge in [-0.05, 0) is 43.6 Å². The van der Waals surface area contributed by atoms with Crippen LogP contribution in [0.3, 0.4) is 0 Å². The van der Waals surface area contributed by atoms with Crippen LogP contribution in [0.2, 0.25) is 0 Å². The molecule has 0 atom stereocenters. The minimum atomic E-state index is 0.111. The van der Waals surface area contributed by atoms with Gasteiger partial charge in [0.15, 0.2) is 0 Å². The van der Waals surface area contributed by atoms with Gasteiger partial charge in [0.05, 0.1) is 10.4 Å². The maximum Gasteiger partial charge on any atom is 0.0558 e. The number of thioether (sulfide) groups is 1. The molecule has 0 unspecified atom stereocenters. The fraction of sp³-hybridized carbons (Fsp3) is 0.643. The van der Waals surface area contributed by atoms with Crippen molar-refractivity contribution in [1.82, 2.24) is 4.98 Å². The van der Waals surface area contributed by atoms with E-state index in [0.29, 0.717) is 5.41 Å². The Morgan fingerprint density at radius 1 is 1.12 bits per heavy atom. The first-order valence-electron chi connectivity index (χ1n) is 5.75. The van der Waals surface area contributed by atoms with Gasteiger partial charge in [-0.15, -0.1) is 0 Å². The third-order valence-corrected chi connectivity index (χ3v) is 3.92. The lowest BCUT2D eigenvalue weighted by Crippen LogP contribution is -2.14. The van der Waals surface area contributed by atoms with Gasteiger partial charge in [0.1, 0.15) is 0 Å². The quantitative estimate of drug-likeness (QED) is 0.778. The second-order valence-electron chi connectivity index (χ2n) is 6.00. The van der Waals surface area contributed by atoms with E-state index >= 15 is 0 Å². The van der Waals surface area contributed by atoms with Gasteiger partial charge < -0.3 is 0 Å². The number of hydrogen-bond acceptors (Lipinski definition) is 2. The molecule has 0 aliphatic carbocycles. The van der Waals surface area contributed by atoms with E-state index in [9.17, 15) is 0 Å². The maximum atomic E-state index is 4.58. The van der Waals surface area contributed by atoms with Crippen LogP contribution in [0.4, 0.5) is 0 Å². The number of rotatable bonds is 3. The van der Waals surface area contributed by atoms with Gasteiger partial charge in [-0.3, -0.25) is 4.98 Å². The Bertz CT molecular complexity index is 333. The summed E-state index contributed by atoms with van der Waals surface area (Å²) in [4.78, 5) is 4.58. The molecule has 0 aliphatic heterocycles. The molecule has 1 nitrogen and oxygen atoms in total. The Morgan fingerprint density at radius 2 is 1.75 bits per heavy atom. The monoisotopic (exact) mass is 237 g/mol. The number of hydrogen-bond donors (Lipinski definition) is 0. The molecular formula is C14H23NS. The molecule has 0 bridgehead atoms. The van der Waals surface area contributed by atoms with Crippen molar-refractivity contribution in [2.24, 2.45) is 5.41 Å². The van der Waals surface area contributed by atoms with Crippen LogP contribution in [0, 0.1) is 5.41 Å². The lowest BCUT2D eigenvalue weighted by Gasteiger charge is -2.22. The molecule has 0 saturated heterocycles. The average molecular weight is 237 g/mol. The molecular weight excluding hydrogens is 214 g/mol. The van der Waals surface area contributed by atoms with E-state index in [1.807, 2.05) is 18.0 Å². The highest BCUT2D eigenvalue weighted by molar-refractivity contribution is 7.99. The summed E-state index contributed by atoms with van der Waals surface area (Å²) in [6.07, 6.45) is 5.24. The molecule has 0 spiro atoms. The third kappa shape index (κ3) is 3.82. The Labute approximate surface area is 104 Å². The topological polar surface area (TPSA) is 12.9 Å². The molecule has 0 N–H and O–H groups in total. The Kier molecular flexibility index (Phi) is 4.06. The molecule has 90 valence electrons. The van der Waals surface area contributed by atoms with Gasteiger partial charge >= 0.3 is 0 Å². The van der Waals surface area contributed by atoms with Gasteiger partial charge in [0, 0.05) is 6.20 Å². The molecule has 16 heavy (non-hydrogen) atoms. The molecule has 0 fully saturated rings. The Morgan fingerprint density at radius 3 is 2.12 bits per heavy atom. The first-order valence-corrected chi connectivity index (χ1v) is 6.98. The van der Waals surface area contributed by atoms with Crippen LogP contribution in [0.15, 0.2) is 18.3 Å². The summed E-state index contributed by atoms with van der Waals surface area (Å²) < 4.78 is 0.111. The van der Waals surface area contributed by atoms with Gasteiger partial charge in [-0.2, -0.15) is 11.8 Å². The second kappa shape index (κ2) is 4.79. The van der Waals surface area contributed by atoms with Crippen molar-refractivity contribution in [2.75, 3.05) is 6.26 Å². The molecule has 0 aromatic carbocycles. The predicted octanol–water partition coefficient (Wildman–Crippen LogP) is 4.27. The molecule has 0 radical (unpaired) electrons. The zero-order valence-electron chi connectivity index (χ0n) is 11.3.